The number of rotatable bonds is 5. The van der Waals surface area contributed by atoms with E-state index >= 15 is 0 Å². The highest BCUT2D eigenvalue weighted by molar-refractivity contribution is 5.76. The lowest BCUT2D eigenvalue weighted by Crippen LogP contribution is -2.38. The summed E-state index contributed by atoms with van der Waals surface area (Å²) in [5, 5.41) is 0. The first kappa shape index (κ1) is 22.9. The van der Waals surface area contributed by atoms with Crippen LogP contribution in [0.25, 0.3) is 0 Å². The zero-order valence-electron chi connectivity index (χ0n) is 18.4. The van der Waals surface area contributed by atoms with Gasteiger partial charge in [0.05, 0.1) is 5.92 Å². The summed E-state index contributed by atoms with van der Waals surface area (Å²) in [5.41, 5.74) is 0.326. The van der Waals surface area contributed by atoms with Crippen LogP contribution in [0.5, 0.6) is 0 Å². The number of ether oxygens (including phenoxy) is 2. The fourth-order valence-corrected chi connectivity index (χ4v) is 3.48. The fourth-order valence-electron chi connectivity index (χ4n) is 3.48. The fraction of sp³-hybridized carbons (Fsp3) is 0.609. The summed E-state index contributed by atoms with van der Waals surface area (Å²) in [7, 11) is 0. The van der Waals surface area contributed by atoms with Gasteiger partial charge in [-0.05, 0) is 71.9 Å². The SMILES string of the molecule is CC(C)(C)OC(=O)[C@@H](Cc1cccc(C=O)c1)[C@@H]1CCN(C(=O)OC(C)(C)C)C1. The molecule has 0 N–H and O–H groups in total. The largest absolute Gasteiger partial charge is 0.460 e. The van der Waals surface area contributed by atoms with Gasteiger partial charge in [-0.15, -0.1) is 0 Å². The highest BCUT2D eigenvalue weighted by Gasteiger charge is 2.39. The molecule has 6 heteroatoms. The molecule has 6 nitrogen and oxygen atoms in total. The van der Waals surface area contributed by atoms with Gasteiger partial charge in [0, 0.05) is 18.7 Å². The van der Waals surface area contributed by atoms with E-state index in [0.717, 1.165) is 11.8 Å². The molecule has 29 heavy (non-hydrogen) atoms. The van der Waals surface area contributed by atoms with Gasteiger partial charge in [0.1, 0.15) is 17.5 Å². The van der Waals surface area contributed by atoms with Gasteiger partial charge >= 0.3 is 12.1 Å². The summed E-state index contributed by atoms with van der Waals surface area (Å²) in [5.74, 6) is -0.703. The van der Waals surface area contributed by atoms with Crippen LogP contribution >= 0.6 is 0 Å². The van der Waals surface area contributed by atoms with Crippen molar-refractivity contribution < 1.29 is 23.9 Å². The molecule has 1 aliphatic heterocycles. The van der Waals surface area contributed by atoms with Crippen molar-refractivity contribution in [3.8, 4) is 0 Å². The number of likely N-dealkylation sites (tertiary alicyclic amines) is 1. The highest BCUT2D eigenvalue weighted by Crippen LogP contribution is 2.30. The van der Waals surface area contributed by atoms with Gasteiger partial charge in [-0.2, -0.15) is 0 Å². The van der Waals surface area contributed by atoms with Gasteiger partial charge in [-0.3, -0.25) is 9.59 Å². The predicted octanol–water partition coefficient (Wildman–Crippen LogP) is 4.26. The van der Waals surface area contributed by atoms with Gasteiger partial charge in [0.15, 0.2) is 0 Å². The minimum atomic E-state index is -0.594. The number of carbonyl (C=O) groups excluding carboxylic acids is 3. The Morgan fingerprint density at radius 2 is 1.79 bits per heavy atom. The summed E-state index contributed by atoms with van der Waals surface area (Å²) >= 11 is 0. The number of carbonyl (C=O) groups is 3. The number of hydrogen-bond donors (Lipinski definition) is 0. The maximum absolute atomic E-state index is 13.0. The Labute approximate surface area is 173 Å². The maximum Gasteiger partial charge on any atom is 0.410 e. The molecule has 2 rings (SSSR count). The molecular formula is C23H33NO5. The van der Waals surface area contributed by atoms with E-state index in [2.05, 4.69) is 0 Å². The Hall–Kier alpha value is -2.37. The van der Waals surface area contributed by atoms with E-state index in [4.69, 9.17) is 9.47 Å². The van der Waals surface area contributed by atoms with Crippen LogP contribution in [0.3, 0.4) is 0 Å². The van der Waals surface area contributed by atoms with Crippen molar-refractivity contribution in [2.24, 2.45) is 11.8 Å². The van der Waals surface area contributed by atoms with Crippen molar-refractivity contribution in [2.45, 2.75) is 65.6 Å². The van der Waals surface area contributed by atoms with E-state index < -0.39 is 17.1 Å². The van der Waals surface area contributed by atoms with Gasteiger partial charge in [-0.1, -0.05) is 18.2 Å². The summed E-state index contributed by atoms with van der Waals surface area (Å²) in [6.07, 6.45) is 1.61. The molecule has 1 aromatic rings. The van der Waals surface area contributed by atoms with Gasteiger partial charge < -0.3 is 14.4 Å². The Balaban J connectivity index is 2.18. The maximum atomic E-state index is 13.0. The second-order valence-corrected chi connectivity index (χ2v) is 9.68. The predicted molar refractivity (Wildman–Crippen MR) is 111 cm³/mol. The second kappa shape index (κ2) is 8.97. The Morgan fingerprint density at radius 3 is 2.38 bits per heavy atom. The van der Waals surface area contributed by atoms with Crippen molar-refractivity contribution in [3.05, 3.63) is 35.4 Å². The normalized spacial score (nSPS) is 18.3. The molecule has 0 aliphatic carbocycles. The lowest BCUT2D eigenvalue weighted by Gasteiger charge is -2.28. The van der Waals surface area contributed by atoms with E-state index in [9.17, 15) is 14.4 Å². The van der Waals surface area contributed by atoms with Crippen LogP contribution in [0, 0.1) is 11.8 Å². The summed E-state index contributed by atoms with van der Waals surface area (Å²) in [6, 6.07) is 7.25. The molecule has 0 bridgehead atoms. The third-order valence-corrected chi connectivity index (χ3v) is 4.70. The Kier molecular flexibility index (Phi) is 7.09. The van der Waals surface area contributed by atoms with E-state index in [-0.39, 0.29) is 18.0 Å². The lowest BCUT2D eigenvalue weighted by atomic mass is 9.85. The number of amides is 1. The molecule has 1 fully saturated rings. The molecule has 160 valence electrons. The minimum Gasteiger partial charge on any atom is -0.460 e. The van der Waals surface area contributed by atoms with E-state index in [1.165, 1.54) is 0 Å². The second-order valence-electron chi connectivity index (χ2n) is 9.68. The summed E-state index contributed by atoms with van der Waals surface area (Å²) in [6.45, 7) is 12.0. The summed E-state index contributed by atoms with van der Waals surface area (Å²) in [4.78, 5) is 38.2. The number of benzene rings is 1. The van der Waals surface area contributed by atoms with Crippen LogP contribution in [0.15, 0.2) is 24.3 Å². The molecule has 1 amide bonds. The minimum absolute atomic E-state index is 0.0303. The third-order valence-electron chi connectivity index (χ3n) is 4.70. The number of esters is 1. The first-order valence-electron chi connectivity index (χ1n) is 10.1. The van der Waals surface area contributed by atoms with Crippen molar-refractivity contribution in [3.63, 3.8) is 0 Å². The van der Waals surface area contributed by atoms with E-state index in [0.29, 0.717) is 31.5 Å². The van der Waals surface area contributed by atoms with Crippen molar-refractivity contribution in [1.82, 2.24) is 4.90 Å². The molecular weight excluding hydrogens is 370 g/mol. The standard InChI is InChI=1S/C23H33NO5/c1-22(2,3)28-20(26)19(13-16-8-7-9-17(12-16)15-25)18-10-11-24(14-18)21(27)29-23(4,5)6/h7-9,12,15,18-19H,10-11,13-14H2,1-6H3/t18-,19+/m1/s1. The number of hydrogen-bond acceptors (Lipinski definition) is 5. The topological polar surface area (TPSA) is 72.9 Å². The van der Waals surface area contributed by atoms with E-state index in [1.54, 1.807) is 17.0 Å². The molecule has 0 saturated carbocycles. The molecule has 1 aromatic carbocycles. The smallest absolute Gasteiger partial charge is 0.410 e. The van der Waals surface area contributed by atoms with Gasteiger partial charge in [0.2, 0.25) is 0 Å². The molecule has 1 saturated heterocycles. The molecule has 0 unspecified atom stereocenters. The van der Waals surface area contributed by atoms with Crippen LogP contribution < -0.4 is 0 Å². The van der Waals surface area contributed by atoms with Gasteiger partial charge in [-0.25, -0.2) is 4.79 Å². The zero-order chi connectivity index (χ0) is 21.8. The van der Waals surface area contributed by atoms with Crippen molar-refractivity contribution in [2.75, 3.05) is 13.1 Å². The first-order chi connectivity index (χ1) is 13.4. The van der Waals surface area contributed by atoms with Crippen molar-refractivity contribution >= 4 is 18.3 Å². The zero-order valence-corrected chi connectivity index (χ0v) is 18.4. The Bertz CT molecular complexity index is 744. The average molecular weight is 404 g/mol. The molecule has 1 heterocycles. The van der Waals surface area contributed by atoms with Crippen LogP contribution in [0.1, 0.15) is 63.9 Å². The first-order valence-corrected chi connectivity index (χ1v) is 10.1. The molecule has 2 atom stereocenters. The van der Waals surface area contributed by atoms with Crippen LogP contribution in [-0.4, -0.2) is 47.5 Å². The molecule has 0 spiro atoms. The summed E-state index contributed by atoms with van der Waals surface area (Å²) < 4.78 is 11.1. The quantitative estimate of drug-likeness (QED) is 0.543. The van der Waals surface area contributed by atoms with Crippen molar-refractivity contribution in [1.29, 1.82) is 0 Å². The lowest BCUT2D eigenvalue weighted by molar-refractivity contribution is -0.161. The van der Waals surface area contributed by atoms with Gasteiger partial charge in [0.25, 0.3) is 0 Å². The van der Waals surface area contributed by atoms with Crippen LogP contribution in [-0.2, 0) is 20.7 Å². The number of nitrogens with zero attached hydrogens (tertiary/aromatic N) is 1. The van der Waals surface area contributed by atoms with E-state index in [1.807, 2.05) is 53.7 Å². The highest BCUT2D eigenvalue weighted by atomic mass is 16.6. The number of aldehydes is 1. The van der Waals surface area contributed by atoms with Crippen LogP contribution in [0.2, 0.25) is 0 Å². The molecule has 1 aliphatic rings. The molecule has 0 aromatic heterocycles. The monoisotopic (exact) mass is 403 g/mol. The van der Waals surface area contributed by atoms with Crippen LogP contribution in [0.4, 0.5) is 4.79 Å². The average Bonchev–Trinajstić information content (AvgIpc) is 3.06. The Morgan fingerprint density at radius 1 is 1.14 bits per heavy atom. The molecule has 0 radical (unpaired) electrons. The third kappa shape index (κ3) is 7.18.